The van der Waals surface area contributed by atoms with Gasteiger partial charge in [0.1, 0.15) is 23.6 Å². The largest absolute Gasteiger partial charge is 0.496 e. The first-order valence-electron chi connectivity index (χ1n) is 15.6. The second-order valence-corrected chi connectivity index (χ2v) is 16.6. The molecule has 3 aromatic rings. The summed E-state index contributed by atoms with van der Waals surface area (Å²) in [5, 5.41) is 24.0. The molecule has 1 aliphatic heterocycles. The topological polar surface area (TPSA) is 177 Å². The molecular weight excluding hydrogens is 730 g/mol. The number of carboxylic acid groups (broad SMARTS) is 1. The summed E-state index contributed by atoms with van der Waals surface area (Å²) in [6.07, 6.45) is -0.349. The molecule has 266 valence electrons. The average Bonchev–Trinajstić information content (AvgIpc) is 3.10. The van der Waals surface area contributed by atoms with Gasteiger partial charge in [0, 0.05) is 23.3 Å². The second-order valence-electron chi connectivity index (χ2n) is 13.6. The van der Waals surface area contributed by atoms with Crippen LogP contribution < -0.4 is 19.9 Å². The lowest BCUT2D eigenvalue weighted by atomic mass is 9.87. The fourth-order valence-corrected chi connectivity index (χ4v) is 7.21. The maximum atomic E-state index is 14.9. The van der Waals surface area contributed by atoms with Gasteiger partial charge < -0.3 is 25.0 Å². The zero-order valence-electron chi connectivity index (χ0n) is 28.9. The summed E-state index contributed by atoms with van der Waals surface area (Å²) in [5.41, 5.74) is 0.507. The molecule has 0 aliphatic carbocycles. The maximum absolute atomic E-state index is 14.9. The SMILES string of the molecule is COc1ccc2c(Br)cccc2c1CN1C(=O)[C@@H](NC(=O)[C@H](CC(C)(C)C)N(C)C(=O)O)[C@H](C)N(C(=O)CS(C)(=O)=O)c2cc(C#N)ccc21. The monoisotopic (exact) mass is 769 g/mol. The molecule has 0 radical (unpaired) electrons. The number of rotatable bonds is 9. The summed E-state index contributed by atoms with van der Waals surface area (Å²) in [7, 11) is -1.12. The van der Waals surface area contributed by atoms with Gasteiger partial charge in [-0.25, -0.2) is 13.2 Å². The third-order valence-corrected chi connectivity index (χ3v) is 9.98. The standard InChI is InChI=1S/C35H40BrN5O8S/c1-20-31(38-32(43)28(16-35(2,3)4)39(5)34(45)46)33(44)40(18-24-22-9-8-10-25(36)23(22)12-14-29(24)49-6)26-13-11-21(17-37)15-27(26)41(20)30(42)19-50(7,47)48/h8-15,20,28,31H,16,18-19H2,1-7H3,(H,38,43)(H,45,46)/t20-,28-,31-/m0/s1. The molecule has 0 bridgehead atoms. The van der Waals surface area contributed by atoms with Crippen molar-refractivity contribution in [2.24, 2.45) is 5.41 Å². The van der Waals surface area contributed by atoms with Crippen molar-refractivity contribution < 1.29 is 37.4 Å². The number of anilines is 2. The Labute approximate surface area is 299 Å². The van der Waals surface area contributed by atoms with E-state index in [9.17, 15) is 38.0 Å². The van der Waals surface area contributed by atoms with Gasteiger partial charge in [0.25, 0.3) is 5.91 Å². The first-order valence-corrected chi connectivity index (χ1v) is 18.5. The van der Waals surface area contributed by atoms with E-state index >= 15 is 0 Å². The first kappa shape index (κ1) is 38.1. The van der Waals surface area contributed by atoms with E-state index in [2.05, 4.69) is 21.2 Å². The molecule has 0 saturated carbocycles. The molecule has 4 rings (SSSR count). The second kappa shape index (κ2) is 14.7. The van der Waals surface area contributed by atoms with E-state index < -0.39 is 62.9 Å². The average molecular weight is 771 g/mol. The molecule has 2 N–H and O–H groups in total. The molecule has 3 atom stereocenters. The van der Waals surface area contributed by atoms with Crippen molar-refractivity contribution in [3.63, 3.8) is 0 Å². The summed E-state index contributed by atoms with van der Waals surface area (Å²) in [4.78, 5) is 58.2. The summed E-state index contributed by atoms with van der Waals surface area (Å²) >= 11 is 3.58. The molecule has 15 heteroatoms. The van der Waals surface area contributed by atoms with E-state index in [1.165, 1.54) is 44.2 Å². The summed E-state index contributed by atoms with van der Waals surface area (Å²) in [6, 6.07) is 11.7. The van der Waals surface area contributed by atoms with Gasteiger partial charge in [0.05, 0.1) is 42.7 Å². The molecule has 0 fully saturated rings. The molecule has 1 aliphatic rings. The summed E-state index contributed by atoms with van der Waals surface area (Å²) in [6.45, 7) is 6.90. The van der Waals surface area contributed by atoms with E-state index in [-0.39, 0.29) is 29.9 Å². The van der Waals surface area contributed by atoms with E-state index in [1.54, 1.807) is 6.07 Å². The normalized spacial score (nSPS) is 17.0. The third-order valence-electron chi connectivity index (χ3n) is 8.52. The third kappa shape index (κ3) is 8.19. The number of hydrogen-bond acceptors (Lipinski definition) is 8. The zero-order chi connectivity index (χ0) is 37.3. The van der Waals surface area contributed by atoms with Gasteiger partial charge in [0.2, 0.25) is 11.8 Å². The van der Waals surface area contributed by atoms with Gasteiger partial charge in [-0.05, 0) is 65.9 Å². The molecule has 3 aromatic carbocycles. The highest BCUT2D eigenvalue weighted by Gasteiger charge is 2.44. The number of hydrogen-bond donors (Lipinski definition) is 2. The quantitative estimate of drug-likeness (QED) is 0.313. The molecule has 13 nitrogen and oxygen atoms in total. The number of carbonyl (C=O) groups is 4. The lowest BCUT2D eigenvalue weighted by Gasteiger charge is -2.35. The summed E-state index contributed by atoms with van der Waals surface area (Å²) < 4.78 is 31.3. The van der Waals surface area contributed by atoms with Crippen LogP contribution in [0, 0.1) is 16.7 Å². The molecule has 0 unspecified atom stereocenters. The van der Waals surface area contributed by atoms with E-state index in [0.717, 1.165) is 31.3 Å². The lowest BCUT2D eigenvalue weighted by molar-refractivity contribution is -0.131. The Morgan fingerprint density at radius 2 is 1.80 bits per heavy atom. The number of nitrogens with one attached hydrogen (secondary N) is 1. The van der Waals surface area contributed by atoms with Crippen molar-refractivity contribution in [2.45, 2.75) is 58.8 Å². The van der Waals surface area contributed by atoms with Crippen molar-refractivity contribution in [3.05, 3.63) is 64.1 Å². The number of nitriles is 1. The van der Waals surface area contributed by atoms with Crippen LogP contribution in [0.2, 0.25) is 0 Å². The minimum absolute atomic E-state index is 0.0876. The van der Waals surface area contributed by atoms with Gasteiger partial charge in [-0.2, -0.15) is 5.26 Å². The van der Waals surface area contributed by atoms with Gasteiger partial charge in [-0.3, -0.25) is 19.3 Å². The highest BCUT2D eigenvalue weighted by atomic mass is 79.9. The van der Waals surface area contributed by atoms with Crippen LogP contribution in [0.5, 0.6) is 5.75 Å². The highest BCUT2D eigenvalue weighted by molar-refractivity contribution is 9.10. The predicted octanol–water partition coefficient (Wildman–Crippen LogP) is 4.69. The predicted molar refractivity (Wildman–Crippen MR) is 193 cm³/mol. The van der Waals surface area contributed by atoms with Crippen LogP contribution >= 0.6 is 15.9 Å². The van der Waals surface area contributed by atoms with Gasteiger partial charge >= 0.3 is 6.09 Å². The molecule has 50 heavy (non-hydrogen) atoms. The van der Waals surface area contributed by atoms with Crippen molar-refractivity contribution in [3.8, 4) is 11.8 Å². The van der Waals surface area contributed by atoms with Crippen LogP contribution in [0.1, 0.15) is 45.2 Å². The van der Waals surface area contributed by atoms with E-state index in [4.69, 9.17) is 4.74 Å². The molecule has 1 heterocycles. The van der Waals surface area contributed by atoms with Crippen molar-refractivity contribution in [2.75, 3.05) is 36.0 Å². The minimum atomic E-state index is -3.87. The van der Waals surface area contributed by atoms with Gasteiger partial charge in [-0.15, -0.1) is 0 Å². The molecular formula is C35H40BrN5O8S. The highest BCUT2D eigenvalue weighted by Crippen LogP contribution is 2.40. The Bertz CT molecular complexity index is 2010. The Kier molecular flexibility index (Phi) is 11.2. The molecule has 0 saturated heterocycles. The maximum Gasteiger partial charge on any atom is 0.407 e. The zero-order valence-corrected chi connectivity index (χ0v) is 31.3. The van der Waals surface area contributed by atoms with Crippen LogP contribution in [-0.2, 0) is 30.8 Å². The number of amides is 4. The molecule has 0 aromatic heterocycles. The van der Waals surface area contributed by atoms with Crippen LogP contribution in [0.15, 0.2) is 53.0 Å². The Morgan fingerprint density at radius 3 is 2.38 bits per heavy atom. The number of nitrogens with zero attached hydrogens (tertiary/aromatic N) is 4. The molecule has 0 spiro atoms. The van der Waals surface area contributed by atoms with Crippen molar-refractivity contribution >= 4 is 71.7 Å². The Hall–Kier alpha value is -4.68. The fourth-order valence-electron chi connectivity index (χ4n) is 6.12. The number of likely N-dealkylation sites (N-methyl/N-ethyl adjacent to an activating group) is 1. The van der Waals surface area contributed by atoms with Gasteiger partial charge in [0.15, 0.2) is 9.84 Å². The minimum Gasteiger partial charge on any atom is -0.496 e. The lowest BCUT2D eigenvalue weighted by Crippen LogP contribution is -2.61. The fraction of sp³-hybridized carbons (Fsp3) is 0.400. The van der Waals surface area contributed by atoms with E-state index in [0.29, 0.717) is 11.3 Å². The Balaban J connectivity index is 1.98. The number of methoxy groups -OCH3 is 1. The van der Waals surface area contributed by atoms with Gasteiger partial charge in [-0.1, -0.05) is 48.8 Å². The smallest absolute Gasteiger partial charge is 0.407 e. The van der Waals surface area contributed by atoms with Crippen LogP contribution in [0.4, 0.5) is 16.2 Å². The number of carbonyl (C=O) groups excluding carboxylic acids is 3. The molecule has 4 amide bonds. The summed E-state index contributed by atoms with van der Waals surface area (Å²) in [5.74, 6) is -2.78. The van der Waals surface area contributed by atoms with Crippen LogP contribution in [0.3, 0.4) is 0 Å². The van der Waals surface area contributed by atoms with Crippen LogP contribution in [0.25, 0.3) is 10.8 Å². The number of halogens is 1. The number of sulfone groups is 1. The Morgan fingerprint density at radius 1 is 1.12 bits per heavy atom. The number of ether oxygens (including phenoxy) is 1. The first-order chi connectivity index (χ1) is 23.3. The van der Waals surface area contributed by atoms with Crippen molar-refractivity contribution in [1.82, 2.24) is 10.2 Å². The van der Waals surface area contributed by atoms with E-state index in [1.807, 2.05) is 51.1 Å². The number of benzene rings is 3. The van der Waals surface area contributed by atoms with Crippen LogP contribution in [-0.4, -0.2) is 86.5 Å². The van der Waals surface area contributed by atoms with Crippen molar-refractivity contribution in [1.29, 1.82) is 5.26 Å². The number of fused-ring (bicyclic) bond motifs is 2.